The van der Waals surface area contributed by atoms with Crippen molar-refractivity contribution in [2.24, 2.45) is 5.92 Å². The zero-order valence-electron chi connectivity index (χ0n) is 14.9. The Morgan fingerprint density at radius 2 is 1.92 bits per heavy atom. The number of carbonyl (C=O) groups excluding carboxylic acids is 1. The van der Waals surface area contributed by atoms with Crippen LogP contribution in [0.25, 0.3) is 0 Å². The summed E-state index contributed by atoms with van der Waals surface area (Å²) in [5.74, 6) is 0.265. The SMILES string of the molecule is Cc1cc(C)cc(SN2CCC(C(=O)NCc3ccccn3)CC2)c1. The van der Waals surface area contributed by atoms with E-state index in [4.69, 9.17) is 0 Å². The second kappa shape index (κ2) is 8.50. The van der Waals surface area contributed by atoms with Crippen LogP contribution in [0.5, 0.6) is 0 Å². The van der Waals surface area contributed by atoms with Gasteiger partial charge in [0.05, 0.1) is 12.2 Å². The van der Waals surface area contributed by atoms with E-state index in [0.29, 0.717) is 6.54 Å². The van der Waals surface area contributed by atoms with Crippen LogP contribution in [0, 0.1) is 19.8 Å². The van der Waals surface area contributed by atoms with Crippen molar-refractivity contribution in [2.75, 3.05) is 13.1 Å². The van der Waals surface area contributed by atoms with Crippen molar-refractivity contribution in [1.29, 1.82) is 0 Å². The highest BCUT2D eigenvalue weighted by Crippen LogP contribution is 2.29. The Labute approximate surface area is 154 Å². The number of nitrogens with one attached hydrogen (secondary N) is 1. The Morgan fingerprint density at radius 1 is 1.20 bits per heavy atom. The molecule has 1 amide bonds. The quantitative estimate of drug-likeness (QED) is 0.830. The lowest BCUT2D eigenvalue weighted by Crippen LogP contribution is -2.38. The normalized spacial score (nSPS) is 15.9. The highest BCUT2D eigenvalue weighted by Gasteiger charge is 2.25. The summed E-state index contributed by atoms with van der Waals surface area (Å²) < 4.78 is 2.37. The lowest BCUT2D eigenvalue weighted by atomic mass is 9.97. The van der Waals surface area contributed by atoms with E-state index in [1.165, 1.54) is 16.0 Å². The maximum Gasteiger partial charge on any atom is 0.223 e. The van der Waals surface area contributed by atoms with E-state index < -0.39 is 0 Å². The van der Waals surface area contributed by atoms with Gasteiger partial charge in [-0.2, -0.15) is 0 Å². The number of rotatable bonds is 5. The van der Waals surface area contributed by atoms with Crippen LogP contribution >= 0.6 is 11.9 Å². The van der Waals surface area contributed by atoms with Crippen LogP contribution < -0.4 is 5.32 Å². The molecule has 4 nitrogen and oxygen atoms in total. The molecule has 25 heavy (non-hydrogen) atoms. The molecular weight excluding hydrogens is 330 g/mol. The molecule has 0 radical (unpaired) electrons. The minimum Gasteiger partial charge on any atom is -0.350 e. The van der Waals surface area contributed by atoms with E-state index in [2.05, 4.69) is 46.7 Å². The van der Waals surface area contributed by atoms with Gasteiger partial charge in [0.25, 0.3) is 0 Å². The molecule has 2 heterocycles. The summed E-state index contributed by atoms with van der Waals surface area (Å²) in [6.07, 6.45) is 3.57. The summed E-state index contributed by atoms with van der Waals surface area (Å²) in [6.45, 7) is 6.67. The third kappa shape index (κ3) is 5.31. The van der Waals surface area contributed by atoms with E-state index in [1.54, 1.807) is 6.20 Å². The first-order valence-electron chi connectivity index (χ1n) is 8.79. The molecule has 1 aliphatic rings. The first-order valence-corrected chi connectivity index (χ1v) is 9.56. The lowest BCUT2D eigenvalue weighted by Gasteiger charge is -2.30. The monoisotopic (exact) mass is 355 g/mol. The molecule has 0 atom stereocenters. The highest BCUT2D eigenvalue weighted by atomic mass is 32.2. The van der Waals surface area contributed by atoms with Crippen LogP contribution in [0.1, 0.15) is 29.7 Å². The summed E-state index contributed by atoms with van der Waals surface area (Å²) >= 11 is 1.81. The second-order valence-electron chi connectivity index (χ2n) is 6.66. The number of aryl methyl sites for hydroxylation is 2. The van der Waals surface area contributed by atoms with Crippen LogP contribution in [0.3, 0.4) is 0 Å². The fourth-order valence-electron chi connectivity index (χ4n) is 3.17. The van der Waals surface area contributed by atoms with E-state index in [0.717, 1.165) is 31.6 Å². The van der Waals surface area contributed by atoms with Gasteiger partial charge in [-0.15, -0.1) is 0 Å². The zero-order valence-corrected chi connectivity index (χ0v) is 15.7. The van der Waals surface area contributed by atoms with Gasteiger partial charge in [0.2, 0.25) is 5.91 Å². The van der Waals surface area contributed by atoms with Crippen molar-refractivity contribution >= 4 is 17.9 Å². The van der Waals surface area contributed by atoms with Gasteiger partial charge in [0.15, 0.2) is 0 Å². The molecule has 3 rings (SSSR count). The van der Waals surface area contributed by atoms with Gasteiger partial charge in [0.1, 0.15) is 0 Å². The summed E-state index contributed by atoms with van der Waals surface area (Å²) in [6, 6.07) is 12.4. The van der Waals surface area contributed by atoms with Crippen molar-refractivity contribution in [3.8, 4) is 0 Å². The van der Waals surface area contributed by atoms with E-state index in [1.807, 2.05) is 30.1 Å². The molecule has 0 bridgehead atoms. The first-order chi connectivity index (χ1) is 12.1. The summed E-state index contributed by atoms with van der Waals surface area (Å²) in [5, 5.41) is 3.02. The molecule has 1 saturated heterocycles. The lowest BCUT2D eigenvalue weighted by molar-refractivity contribution is -0.126. The molecule has 1 N–H and O–H groups in total. The molecular formula is C20H25N3OS. The molecule has 5 heteroatoms. The fraction of sp³-hybridized carbons (Fsp3) is 0.400. The van der Waals surface area contributed by atoms with Gasteiger partial charge in [-0.3, -0.25) is 9.78 Å². The highest BCUT2D eigenvalue weighted by molar-refractivity contribution is 7.97. The number of benzene rings is 1. The molecule has 1 aromatic carbocycles. The van der Waals surface area contributed by atoms with Crippen molar-refractivity contribution in [1.82, 2.24) is 14.6 Å². The summed E-state index contributed by atoms with van der Waals surface area (Å²) in [4.78, 5) is 17.9. The summed E-state index contributed by atoms with van der Waals surface area (Å²) in [5.41, 5.74) is 3.50. The third-order valence-corrected chi connectivity index (χ3v) is 5.49. The molecule has 1 aliphatic heterocycles. The van der Waals surface area contributed by atoms with E-state index >= 15 is 0 Å². The number of piperidine rings is 1. The fourth-order valence-corrected chi connectivity index (χ4v) is 4.34. The smallest absolute Gasteiger partial charge is 0.223 e. The van der Waals surface area contributed by atoms with Gasteiger partial charge in [-0.25, -0.2) is 4.31 Å². The predicted octanol–water partition coefficient (Wildman–Crippen LogP) is 3.73. The molecule has 2 aromatic rings. The van der Waals surface area contributed by atoms with Gasteiger partial charge in [0, 0.05) is 30.1 Å². The van der Waals surface area contributed by atoms with Crippen molar-refractivity contribution in [3.05, 3.63) is 59.4 Å². The minimum atomic E-state index is 0.111. The Kier molecular flexibility index (Phi) is 6.10. The van der Waals surface area contributed by atoms with Gasteiger partial charge in [-0.05, 0) is 74.0 Å². The minimum absolute atomic E-state index is 0.111. The number of hydrogen-bond donors (Lipinski definition) is 1. The van der Waals surface area contributed by atoms with Crippen LogP contribution in [0.4, 0.5) is 0 Å². The molecule has 1 aromatic heterocycles. The largest absolute Gasteiger partial charge is 0.350 e. The number of carbonyl (C=O) groups is 1. The van der Waals surface area contributed by atoms with Crippen LogP contribution in [-0.2, 0) is 11.3 Å². The number of amides is 1. The van der Waals surface area contributed by atoms with Crippen LogP contribution in [0.2, 0.25) is 0 Å². The Morgan fingerprint density at radius 3 is 2.56 bits per heavy atom. The second-order valence-corrected chi connectivity index (χ2v) is 7.83. The van der Waals surface area contributed by atoms with Crippen molar-refractivity contribution < 1.29 is 4.79 Å². The van der Waals surface area contributed by atoms with Gasteiger partial charge >= 0.3 is 0 Å². The molecule has 0 unspecified atom stereocenters. The van der Waals surface area contributed by atoms with E-state index in [-0.39, 0.29) is 11.8 Å². The van der Waals surface area contributed by atoms with Crippen LogP contribution in [-0.4, -0.2) is 28.3 Å². The van der Waals surface area contributed by atoms with Gasteiger partial charge < -0.3 is 5.32 Å². The molecule has 0 saturated carbocycles. The Bertz CT molecular complexity index is 692. The summed E-state index contributed by atoms with van der Waals surface area (Å²) in [7, 11) is 0. The topological polar surface area (TPSA) is 45.2 Å². The molecule has 0 spiro atoms. The zero-order chi connectivity index (χ0) is 17.6. The molecule has 132 valence electrons. The standard InChI is InChI=1S/C20H25N3OS/c1-15-11-16(2)13-19(12-15)25-23-9-6-17(7-10-23)20(24)22-14-18-5-3-4-8-21-18/h3-5,8,11-13,17H,6-7,9-10,14H2,1-2H3,(H,22,24). The molecule has 1 fully saturated rings. The third-order valence-electron chi connectivity index (χ3n) is 4.42. The number of aromatic nitrogens is 1. The van der Waals surface area contributed by atoms with Gasteiger partial charge in [-0.1, -0.05) is 12.1 Å². The number of hydrogen-bond acceptors (Lipinski definition) is 4. The van der Waals surface area contributed by atoms with Crippen molar-refractivity contribution in [2.45, 2.75) is 38.1 Å². The predicted molar refractivity (Wildman–Crippen MR) is 102 cm³/mol. The van der Waals surface area contributed by atoms with E-state index in [9.17, 15) is 4.79 Å². The average molecular weight is 356 g/mol. The van der Waals surface area contributed by atoms with Crippen molar-refractivity contribution in [3.63, 3.8) is 0 Å². The number of pyridine rings is 1. The molecule has 0 aliphatic carbocycles. The van der Waals surface area contributed by atoms with Crippen LogP contribution in [0.15, 0.2) is 47.5 Å². The Balaban J connectivity index is 1.45. The maximum atomic E-state index is 12.4. The average Bonchev–Trinajstić information content (AvgIpc) is 2.60. The maximum absolute atomic E-state index is 12.4. The number of nitrogens with zero attached hydrogens (tertiary/aromatic N) is 2. The first kappa shape index (κ1) is 18.0. The Hall–Kier alpha value is -1.85.